The van der Waals surface area contributed by atoms with Crippen LogP contribution in [0.15, 0.2) is 53.0 Å². The van der Waals surface area contributed by atoms with Gasteiger partial charge in [-0.3, -0.25) is 9.59 Å². The van der Waals surface area contributed by atoms with Crippen molar-refractivity contribution in [2.75, 3.05) is 25.5 Å². The second-order valence-corrected chi connectivity index (χ2v) is 7.52. The van der Waals surface area contributed by atoms with E-state index in [0.717, 1.165) is 16.5 Å². The molecular weight excluding hydrogens is 408 g/mol. The average Bonchev–Trinajstić information content (AvgIpc) is 3.47. The molecule has 2 atom stereocenters. The lowest BCUT2D eigenvalue weighted by Gasteiger charge is -2.21. The van der Waals surface area contributed by atoms with Crippen LogP contribution in [0, 0.1) is 5.92 Å². The lowest BCUT2D eigenvalue weighted by atomic mass is 10.1. The van der Waals surface area contributed by atoms with Crippen molar-refractivity contribution >= 4 is 33.4 Å². The van der Waals surface area contributed by atoms with Crippen LogP contribution >= 0.6 is 15.9 Å². The lowest BCUT2D eigenvalue weighted by Crippen LogP contribution is -2.39. The van der Waals surface area contributed by atoms with Gasteiger partial charge in [-0.1, -0.05) is 40.2 Å². The van der Waals surface area contributed by atoms with Gasteiger partial charge < -0.3 is 15.0 Å². The summed E-state index contributed by atoms with van der Waals surface area (Å²) < 4.78 is 6.26. The third kappa shape index (κ3) is 4.69. The highest BCUT2D eigenvalue weighted by Gasteiger charge is 2.45. The molecule has 2 amide bonds. The monoisotopic (exact) mass is 430 g/mol. The van der Waals surface area contributed by atoms with Gasteiger partial charge in [0.2, 0.25) is 11.8 Å². The van der Waals surface area contributed by atoms with E-state index in [1.54, 1.807) is 24.1 Å². The summed E-state index contributed by atoms with van der Waals surface area (Å²) in [5.41, 5.74) is 1.77. The number of nitrogens with zero attached hydrogens (tertiary/aromatic N) is 1. The van der Waals surface area contributed by atoms with Crippen molar-refractivity contribution in [3.63, 3.8) is 0 Å². The fourth-order valence-electron chi connectivity index (χ4n) is 3.26. The Hall–Kier alpha value is -2.34. The van der Waals surface area contributed by atoms with E-state index in [1.165, 1.54) is 0 Å². The second kappa shape index (κ2) is 8.57. The van der Waals surface area contributed by atoms with Gasteiger partial charge in [-0.25, -0.2) is 0 Å². The number of carbonyl (C=O) groups is 2. The standard InChI is InChI=1S/C21H23BrN2O3/c1-3-24(13-20(25)23-18-9-4-5-10-19(18)27-2)21(26)17-12-16(17)14-7-6-8-15(22)11-14/h4-11,16-17H,3,12-13H2,1-2H3,(H,23,25). The minimum absolute atomic E-state index is 0.0368. The van der Waals surface area contributed by atoms with Crippen LogP contribution < -0.4 is 10.1 Å². The van der Waals surface area contributed by atoms with Crippen molar-refractivity contribution < 1.29 is 14.3 Å². The number of hydrogen-bond donors (Lipinski definition) is 1. The average molecular weight is 431 g/mol. The number of para-hydroxylation sites is 2. The summed E-state index contributed by atoms with van der Waals surface area (Å²) in [5.74, 6) is 0.601. The van der Waals surface area contributed by atoms with Crippen LogP contribution in [0.4, 0.5) is 5.69 Å². The van der Waals surface area contributed by atoms with Crippen LogP contribution in [0.5, 0.6) is 5.75 Å². The normalized spacial score (nSPS) is 17.9. The first kappa shape index (κ1) is 19.4. The Morgan fingerprint density at radius 1 is 1.22 bits per heavy atom. The van der Waals surface area contributed by atoms with Crippen LogP contribution in [0.25, 0.3) is 0 Å². The molecule has 0 aromatic heterocycles. The maximum Gasteiger partial charge on any atom is 0.244 e. The molecule has 0 radical (unpaired) electrons. The molecule has 1 aliphatic rings. The lowest BCUT2D eigenvalue weighted by molar-refractivity contribution is -0.135. The summed E-state index contributed by atoms with van der Waals surface area (Å²) in [4.78, 5) is 26.9. The fourth-order valence-corrected chi connectivity index (χ4v) is 3.68. The predicted octanol–water partition coefficient (Wildman–Crippen LogP) is 4.05. The van der Waals surface area contributed by atoms with Gasteiger partial charge in [0.05, 0.1) is 19.3 Å². The Balaban J connectivity index is 1.60. The van der Waals surface area contributed by atoms with Crippen LogP contribution in [-0.4, -0.2) is 36.9 Å². The minimum Gasteiger partial charge on any atom is -0.495 e. The molecule has 1 fully saturated rings. The largest absolute Gasteiger partial charge is 0.495 e. The molecule has 0 aliphatic heterocycles. The zero-order chi connectivity index (χ0) is 19.4. The molecule has 2 aromatic carbocycles. The van der Waals surface area contributed by atoms with Gasteiger partial charge in [0.1, 0.15) is 5.75 Å². The summed E-state index contributed by atoms with van der Waals surface area (Å²) in [6.45, 7) is 2.43. The van der Waals surface area contributed by atoms with Gasteiger partial charge >= 0.3 is 0 Å². The van der Waals surface area contributed by atoms with Crippen molar-refractivity contribution in [3.8, 4) is 5.75 Å². The number of ether oxygens (including phenoxy) is 1. The Morgan fingerprint density at radius 2 is 2.00 bits per heavy atom. The topological polar surface area (TPSA) is 58.6 Å². The molecule has 27 heavy (non-hydrogen) atoms. The second-order valence-electron chi connectivity index (χ2n) is 6.60. The number of anilines is 1. The number of hydrogen-bond acceptors (Lipinski definition) is 3. The van der Waals surface area contributed by atoms with Crippen molar-refractivity contribution in [2.45, 2.75) is 19.3 Å². The van der Waals surface area contributed by atoms with Crippen molar-refractivity contribution in [3.05, 3.63) is 58.6 Å². The summed E-state index contributed by atoms with van der Waals surface area (Å²) in [5, 5.41) is 2.83. The van der Waals surface area contributed by atoms with Gasteiger partial charge in [-0.2, -0.15) is 0 Å². The predicted molar refractivity (Wildman–Crippen MR) is 109 cm³/mol. The van der Waals surface area contributed by atoms with Gasteiger partial charge in [-0.05, 0) is 49.1 Å². The van der Waals surface area contributed by atoms with E-state index in [1.807, 2.05) is 37.3 Å². The van der Waals surface area contributed by atoms with E-state index < -0.39 is 0 Å². The number of methoxy groups -OCH3 is 1. The Morgan fingerprint density at radius 3 is 2.70 bits per heavy atom. The number of rotatable bonds is 7. The summed E-state index contributed by atoms with van der Waals surface area (Å²) in [6.07, 6.45) is 0.833. The fraction of sp³-hybridized carbons (Fsp3) is 0.333. The van der Waals surface area contributed by atoms with Crippen LogP contribution in [0.3, 0.4) is 0 Å². The molecule has 0 heterocycles. The highest BCUT2D eigenvalue weighted by Crippen LogP contribution is 2.48. The summed E-state index contributed by atoms with van der Waals surface area (Å²) in [7, 11) is 1.56. The molecule has 1 saturated carbocycles. The van der Waals surface area contributed by atoms with E-state index in [4.69, 9.17) is 4.74 Å². The molecule has 0 bridgehead atoms. The molecule has 2 unspecified atom stereocenters. The molecule has 5 nitrogen and oxygen atoms in total. The zero-order valence-electron chi connectivity index (χ0n) is 15.4. The van der Waals surface area contributed by atoms with Gasteiger partial charge in [-0.15, -0.1) is 0 Å². The van der Waals surface area contributed by atoms with Crippen molar-refractivity contribution in [1.29, 1.82) is 0 Å². The number of benzene rings is 2. The number of carbonyl (C=O) groups excluding carboxylic acids is 2. The highest BCUT2D eigenvalue weighted by atomic mass is 79.9. The smallest absolute Gasteiger partial charge is 0.244 e. The third-order valence-corrected chi connectivity index (χ3v) is 5.29. The van der Waals surface area contributed by atoms with Gasteiger partial charge in [0.15, 0.2) is 0 Å². The number of amides is 2. The molecular formula is C21H23BrN2O3. The van der Waals surface area contributed by atoms with E-state index >= 15 is 0 Å². The van der Waals surface area contributed by atoms with Crippen molar-refractivity contribution in [1.82, 2.24) is 4.90 Å². The molecule has 142 valence electrons. The third-order valence-electron chi connectivity index (χ3n) is 4.79. The van der Waals surface area contributed by atoms with E-state index in [9.17, 15) is 9.59 Å². The van der Waals surface area contributed by atoms with Gasteiger partial charge in [0.25, 0.3) is 0 Å². The molecule has 6 heteroatoms. The van der Waals surface area contributed by atoms with Crippen LogP contribution in [0.1, 0.15) is 24.8 Å². The first-order valence-corrected chi connectivity index (χ1v) is 9.80. The molecule has 0 spiro atoms. The van der Waals surface area contributed by atoms with E-state index in [2.05, 4.69) is 27.3 Å². The van der Waals surface area contributed by atoms with E-state index in [-0.39, 0.29) is 30.2 Å². The van der Waals surface area contributed by atoms with Gasteiger partial charge in [0, 0.05) is 16.9 Å². The molecule has 3 rings (SSSR count). The van der Waals surface area contributed by atoms with Crippen LogP contribution in [0.2, 0.25) is 0 Å². The Kier molecular flexibility index (Phi) is 6.16. The highest BCUT2D eigenvalue weighted by molar-refractivity contribution is 9.10. The Bertz CT molecular complexity index is 840. The number of nitrogens with one attached hydrogen (secondary N) is 1. The number of likely N-dealkylation sites (N-methyl/N-ethyl adjacent to an activating group) is 1. The molecule has 1 N–H and O–H groups in total. The summed E-state index contributed by atoms with van der Waals surface area (Å²) >= 11 is 3.48. The van der Waals surface area contributed by atoms with E-state index in [0.29, 0.717) is 18.0 Å². The molecule has 2 aromatic rings. The Labute approximate surface area is 167 Å². The SMILES string of the molecule is CCN(CC(=O)Nc1ccccc1OC)C(=O)C1CC1c1cccc(Br)c1. The molecule has 1 aliphatic carbocycles. The molecule has 0 saturated heterocycles. The van der Waals surface area contributed by atoms with Crippen molar-refractivity contribution in [2.24, 2.45) is 5.92 Å². The minimum atomic E-state index is -0.227. The summed E-state index contributed by atoms with van der Waals surface area (Å²) in [6, 6.07) is 15.3. The first-order valence-electron chi connectivity index (χ1n) is 9.00. The first-order chi connectivity index (χ1) is 13.0. The maximum absolute atomic E-state index is 12.8. The number of halogens is 1. The van der Waals surface area contributed by atoms with Crippen LogP contribution in [-0.2, 0) is 9.59 Å². The maximum atomic E-state index is 12.8. The quantitative estimate of drug-likeness (QED) is 0.720. The zero-order valence-corrected chi connectivity index (χ0v) is 17.0.